The highest BCUT2D eigenvalue weighted by molar-refractivity contribution is 7.99. The molecule has 1 aliphatic carbocycles. The van der Waals surface area contributed by atoms with E-state index in [1.807, 2.05) is 38.1 Å². The second-order valence-electron chi connectivity index (χ2n) is 8.81. The summed E-state index contributed by atoms with van der Waals surface area (Å²) in [4.78, 5) is 33.7. The third-order valence-electron chi connectivity index (χ3n) is 6.14. The Bertz CT molecular complexity index is 1470. The molecule has 0 unspecified atom stereocenters. The van der Waals surface area contributed by atoms with Gasteiger partial charge in [-0.1, -0.05) is 30.0 Å². The predicted molar refractivity (Wildman–Crippen MR) is 144 cm³/mol. The number of nitrogens with one attached hydrogen (secondary N) is 1. The van der Waals surface area contributed by atoms with Gasteiger partial charge in [-0.2, -0.15) is 0 Å². The molecule has 0 fully saturated rings. The molecule has 0 saturated heterocycles. The summed E-state index contributed by atoms with van der Waals surface area (Å²) in [5.41, 5.74) is 4.66. The molecule has 0 spiro atoms. The van der Waals surface area contributed by atoms with Crippen molar-refractivity contribution in [3.05, 3.63) is 74.4 Å². The minimum Gasteiger partial charge on any atom is -0.495 e. The van der Waals surface area contributed by atoms with E-state index in [1.165, 1.54) is 16.6 Å². The number of amides is 1. The zero-order valence-corrected chi connectivity index (χ0v) is 21.6. The summed E-state index contributed by atoms with van der Waals surface area (Å²) in [6, 6.07) is 13.4. The SMILES string of the molecule is COc1ccccc1NC(=O)CSc1nc2sc3c(c2c(=O)n1-c1cc(C)cc(C)c1)CCCC3. The van der Waals surface area contributed by atoms with Gasteiger partial charge < -0.3 is 10.1 Å². The highest BCUT2D eigenvalue weighted by Gasteiger charge is 2.23. The van der Waals surface area contributed by atoms with Crippen LogP contribution in [-0.4, -0.2) is 28.3 Å². The Balaban J connectivity index is 1.54. The summed E-state index contributed by atoms with van der Waals surface area (Å²) in [5, 5.41) is 4.17. The molecule has 1 amide bonds. The van der Waals surface area contributed by atoms with Gasteiger partial charge in [0, 0.05) is 4.88 Å². The summed E-state index contributed by atoms with van der Waals surface area (Å²) in [6.07, 6.45) is 4.17. The average Bonchev–Trinajstić information content (AvgIpc) is 3.21. The van der Waals surface area contributed by atoms with E-state index in [2.05, 4.69) is 11.4 Å². The number of hydrogen-bond acceptors (Lipinski definition) is 6. The number of fused-ring (bicyclic) bond motifs is 3. The molecule has 1 N–H and O–H groups in total. The fourth-order valence-electron chi connectivity index (χ4n) is 4.65. The first kappa shape index (κ1) is 23.6. The molecule has 180 valence electrons. The first-order valence-corrected chi connectivity index (χ1v) is 13.5. The van der Waals surface area contributed by atoms with E-state index >= 15 is 0 Å². The maximum atomic E-state index is 13.9. The monoisotopic (exact) mass is 505 g/mol. The molecule has 8 heteroatoms. The van der Waals surface area contributed by atoms with Crippen LogP contribution in [-0.2, 0) is 17.6 Å². The van der Waals surface area contributed by atoms with Crippen molar-refractivity contribution in [3.63, 3.8) is 0 Å². The molecule has 1 aliphatic rings. The number of ether oxygens (including phenoxy) is 1. The standard InChI is InChI=1S/C27H27N3O3S2/c1-16-12-17(2)14-18(13-16)30-26(32)24-19-8-4-7-11-22(19)35-25(24)29-27(30)34-15-23(31)28-20-9-5-6-10-21(20)33-3/h5-6,9-10,12-14H,4,7-8,11,15H2,1-3H3,(H,28,31). The number of aromatic nitrogens is 2. The first-order chi connectivity index (χ1) is 16.9. The number of nitrogens with zero attached hydrogens (tertiary/aromatic N) is 2. The summed E-state index contributed by atoms with van der Waals surface area (Å²) < 4.78 is 7.02. The smallest absolute Gasteiger partial charge is 0.267 e. The lowest BCUT2D eigenvalue weighted by molar-refractivity contribution is -0.113. The minimum atomic E-state index is -0.189. The fraction of sp³-hybridized carbons (Fsp3) is 0.296. The van der Waals surface area contributed by atoms with Crippen LogP contribution in [0.1, 0.15) is 34.4 Å². The summed E-state index contributed by atoms with van der Waals surface area (Å²) >= 11 is 2.90. The molecule has 2 aromatic heterocycles. The molecule has 0 radical (unpaired) electrons. The van der Waals surface area contributed by atoms with Gasteiger partial charge in [-0.25, -0.2) is 4.98 Å². The Morgan fingerprint density at radius 3 is 2.66 bits per heavy atom. The molecule has 0 aliphatic heterocycles. The highest BCUT2D eigenvalue weighted by atomic mass is 32.2. The zero-order valence-electron chi connectivity index (χ0n) is 20.0. The molecular formula is C27H27N3O3S2. The number of rotatable bonds is 6. The molecule has 5 rings (SSSR count). The molecular weight excluding hydrogens is 478 g/mol. The van der Waals surface area contributed by atoms with Gasteiger partial charge in [-0.3, -0.25) is 14.2 Å². The van der Waals surface area contributed by atoms with Crippen molar-refractivity contribution in [1.82, 2.24) is 9.55 Å². The molecule has 0 bridgehead atoms. The Hall–Kier alpha value is -3.10. The van der Waals surface area contributed by atoms with Crippen molar-refractivity contribution in [2.75, 3.05) is 18.2 Å². The van der Waals surface area contributed by atoms with E-state index in [9.17, 15) is 9.59 Å². The Morgan fingerprint density at radius 1 is 1.14 bits per heavy atom. The van der Waals surface area contributed by atoms with Gasteiger partial charge in [-0.15, -0.1) is 11.3 Å². The lowest BCUT2D eigenvalue weighted by Crippen LogP contribution is -2.23. The van der Waals surface area contributed by atoms with Crippen LogP contribution < -0.4 is 15.6 Å². The van der Waals surface area contributed by atoms with Crippen LogP contribution in [0, 0.1) is 13.8 Å². The number of benzene rings is 2. The summed E-state index contributed by atoms with van der Waals surface area (Å²) in [7, 11) is 1.57. The number of methoxy groups -OCH3 is 1. The van der Waals surface area contributed by atoms with Gasteiger partial charge in [0.25, 0.3) is 5.56 Å². The largest absolute Gasteiger partial charge is 0.495 e. The van der Waals surface area contributed by atoms with Crippen molar-refractivity contribution in [1.29, 1.82) is 0 Å². The van der Waals surface area contributed by atoms with E-state index in [-0.39, 0.29) is 17.2 Å². The van der Waals surface area contributed by atoms with E-state index in [4.69, 9.17) is 9.72 Å². The number of thiophene rings is 1. The van der Waals surface area contributed by atoms with Gasteiger partial charge in [0.15, 0.2) is 5.16 Å². The third-order valence-corrected chi connectivity index (χ3v) is 8.26. The number of thioether (sulfide) groups is 1. The van der Waals surface area contributed by atoms with Crippen LogP contribution in [0.5, 0.6) is 5.75 Å². The van der Waals surface area contributed by atoms with Crippen LogP contribution in [0.25, 0.3) is 15.9 Å². The Kier molecular flexibility index (Phi) is 6.67. The average molecular weight is 506 g/mol. The van der Waals surface area contributed by atoms with Gasteiger partial charge >= 0.3 is 0 Å². The van der Waals surface area contributed by atoms with Crippen LogP contribution >= 0.6 is 23.1 Å². The van der Waals surface area contributed by atoms with Crippen molar-refractivity contribution in [2.45, 2.75) is 44.7 Å². The van der Waals surface area contributed by atoms with Gasteiger partial charge in [-0.05, 0) is 80.5 Å². The molecule has 4 aromatic rings. The highest BCUT2D eigenvalue weighted by Crippen LogP contribution is 2.35. The first-order valence-electron chi connectivity index (χ1n) is 11.7. The number of hydrogen-bond donors (Lipinski definition) is 1. The maximum absolute atomic E-state index is 13.9. The Morgan fingerprint density at radius 2 is 1.89 bits per heavy atom. The van der Waals surface area contributed by atoms with Crippen molar-refractivity contribution < 1.29 is 9.53 Å². The van der Waals surface area contributed by atoms with E-state index < -0.39 is 0 Å². The summed E-state index contributed by atoms with van der Waals surface area (Å²) in [6.45, 7) is 4.04. The zero-order chi connectivity index (χ0) is 24.5. The van der Waals surface area contributed by atoms with Crippen molar-refractivity contribution in [2.24, 2.45) is 0 Å². The van der Waals surface area contributed by atoms with Gasteiger partial charge in [0.05, 0.1) is 29.6 Å². The maximum Gasteiger partial charge on any atom is 0.267 e. The summed E-state index contributed by atoms with van der Waals surface area (Å²) in [5.74, 6) is 0.527. The number of carbonyl (C=O) groups excluding carboxylic acids is 1. The number of para-hydroxylation sites is 2. The van der Waals surface area contributed by atoms with Gasteiger partial charge in [0.2, 0.25) is 5.91 Å². The van der Waals surface area contributed by atoms with E-state index in [1.54, 1.807) is 35.1 Å². The van der Waals surface area contributed by atoms with E-state index in [0.29, 0.717) is 16.6 Å². The molecule has 0 saturated carbocycles. The molecule has 35 heavy (non-hydrogen) atoms. The predicted octanol–water partition coefficient (Wildman–Crippen LogP) is 5.68. The minimum absolute atomic E-state index is 0.0490. The quantitative estimate of drug-likeness (QED) is 0.270. The lowest BCUT2D eigenvalue weighted by Gasteiger charge is -2.15. The van der Waals surface area contributed by atoms with Gasteiger partial charge in [0.1, 0.15) is 10.6 Å². The second kappa shape index (κ2) is 9.87. The van der Waals surface area contributed by atoms with Crippen molar-refractivity contribution in [3.8, 4) is 11.4 Å². The molecule has 0 atom stereocenters. The third kappa shape index (κ3) is 4.73. The van der Waals surface area contributed by atoms with Crippen LogP contribution in [0.15, 0.2) is 52.4 Å². The van der Waals surface area contributed by atoms with Crippen LogP contribution in [0.3, 0.4) is 0 Å². The lowest BCUT2D eigenvalue weighted by atomic mass is 9.97. The van der Waals surface area contributed by atoms with Crippen molar-refractivity contribution >= 4 is 44.9 Å². The molecule has 2 heterocycles. The van der Waals surface area contributed by atoms with E-state index in [0.717, 1.165) is 58.3 Å². The number of aryl methyl sites for hydroxylation is 4. The van der Waals surface area contributed by atoms with Crippen LogP contribution in [0.4, 0.5) is 5.69 Å². The topological polar surface area (TPSA) is 73.2 Å². The molecule has 6 nitrogen and oxygen atoms in total. The normalized spacial score (nSPS) is 13.0. The Labute approximate surface area is 212 Å². The van der Waals surface area contributed by atoms with Crippen LogP contribution in [0.2, 0.25) is 0 Å². The molecule has 2 aromatic carbocycles. The number of anilines is 1. The number of carbonyl (C=O) groups is 1. The second-order valence-corrected chi connectivity index (χ2v) is 10.8. The fourth-order valence-corrected chi connectivity index (χ4v) is 6.77.